The quantitative estimate of drug-likeness (QED) is 0.00407. The summed E-state index contributed by atoms with van der Waals surface area (Å²) in [6, 6.07) is 106. The van der Waals surface area contributed by atoms with Crippen LogP contribution in [0, 0.1) is 34.1 Å². The molecule has 14 rings (SSSR count). The Morgan fingerprint density at radius 2 is 0.741 bits per heavy atom. The molecular formula is C106H121Cl2K2N15O14. The summed E-state index contributed by atoms with van der Waals surface area (Å²) in [6.07, 6.45) is -0.710. The molecular weight excluding hydrogens is 1860 g/mol. The molecule has 0 radical (unpaired) electrons. The van der Waals surface area contributed by atoms with Gasteiger partial charge < -0.3 is 73.2 Å². The van der Waals surface area contributed by atoms with Gasteiger partial charge in [-0.1, -0.05) is 188 Å². The first kappa shape index (κ1) is 119. The minimum atomic E-state index is -1.05. The summed E-state index contributed by atoms with van der Waals surface area (Å²) in [6.45, 7) is 18.0. The third-order valence-electron chi connectivity index (χ3n) is 19.4. The number of nitro groups is 2. The summed E-state index contributed by atoms with van der Waals surface area (Å²) < 4.78 is 13.6. The van der Waals surface area contributed by atoms with Crippen molar-refractivity contribution in [1.29, 1.82) is 0 Å². The van der Waals surface area contributed by atoms with Gasteiger partial charge in [-0.25, -0.2) is 23.7 Å². The number of nitrogens with two attached hydrogens (primary N) is 2. The van der Waals surface area contributed by atoms with E-state index in [-0.39, 0.29) is 164 Å². The summed E-state index contributed by atoms with van der Waals surface area (Å²) in [5, 5.41) is 55.9. The van der Waals surface area contributed by atoms with Crippen LogP contribution >= 0.6 is 24.0 Å². The van der Waals surface area contributed by atoms with Crippen molar-refractivity contribution in [3.8, 4) is 11.4 Å². The fourth-order valence-corrected chi connectivity index (χ4v) is 13.3. The number of anilines is 7. The predicted octanol–water partition coefficient (Wildman–Crippen LogP) is 15.3. The number of carbonyl (C=O) groups excluding carboxylic acids is 4. The molecule has 0 aliphatic carbocycles. The van der Waals surface area contributed by atoms with E-state index in [2.05, 4.69) is 132 Å². The topological polar surface area (TPSA) is 379 Å². The molecule has 0 aliphatic rings. The van der Waals surface area contributed by atoms with Crippen LogP contribution in [0.5, 0.6) is 0 Å². The number of aromatic nitrogens is 4. The first-order valence-corrected chi connectivity index (χ1v) is 43.8. The van der Waals surface area contributed by atoms with Gasteiger partial charge in [-0.3, -0.25) is 29.8 Å². The Bertz CT molecular complexity index is 6010. The Kier molecular flexibility index (Phi) is 53.3. The van der Waals surface area contributed by atoms with Crippen molar-refractivity contribution < 1.29 is 163 Å². The van der Waals surface area contributed by atoms with E-state index in [1.807, 2.05) is 248 Å². The Hall–Kier alpha value is -12.6. The largest absolute Gasteiger partial charge is 1.00 e. The minimum Gasteiger partial charge on any atom is -1.00 e. The van der Waals surface area contributed by atoms with Gasteiger partial charge in [0.2, 0.25) is 0 Å². The molecule has 0 fully saturated rings. The first-order valence-electron chi connectivity index (χ1n) is 43.3. The van der Waals surface area contributed by atoms with Gasteiger partial charge in [0.25, 0.3) is 17.8 Å². The molecule has 720 valence electrons. The summed E-state index contributed by atoms with van der Waals surface area (Å²) in [7, 11) is 10.1. The molecule has 0 aliphatic heterocycles. The second kappa shape index (κ2) is 62.4. The average Bonchev–Trinajstić information content (AvgIpc) is 1.74. The van der Waals surface area contributed by atoms with Gasteiger partial charge >= 0.3 is 121 Å². The van der Waals surface area contributed by atoms with Crippen LogP contribution in [0.15, 0.2) is 334 Å². The maximum atomic E-state index is 13.5. The molecule has 29 nitrogen and oxygen atoms in total. The monoisotopic (exact) mass is 1980 g/mol. The normalized spacial score (nSPS) is 10.1. The van der Waals surface area contributed by atoms with Crippen LogP contribution in [0.4, 0.5) is 60.8 Å². The molecule has 0 bridgehead atoms. The average molecular weight is 1980 g/mol. The molecule has 33 heteroatoms. The summed E-state index contributed by atoms with van der Waals surface area (Å²) in [4.78, 5) is 88.6. The molecule has 14 aromatic rings. The number of halogens is 2. The second-order valence-corrected chi connectivity index (χ2v) is 33.3. The van der Waals surface area contributed by atoms with Crippen molar-refractivity contribution in [1.82, 2.24) is 30.2 Å². The number of hydrogen-bond donors (Lipinski definition) is 6. The van der Waals surface area contributed by atoms with Crippen molar-refractivity contribution in [2.75, 3.05) is 71.6 Å². The van der Waals surface area contributed by atoms with E-state index in [1.165, 1.54) is 51.4 Å². The van der Waals surface area contributed by atoms with Crippen LogP contribution in [-0.4, -0.2) is 111 Å². The number of non-ortho nitro benzene ring substituents is 2. The van der Waals surface area contributed by atoms with Gasteiger partial charge in [-0.05, 0) is 221 Å². The zero-order valence-corrected chi connectivity index (χ0v) is 89.0. The number of benzene rings is 12. The first-order chi connectivity index (χ1) is 65.0. The fraction of sp³-hybridized carbons (Fsp3) is 0.217. The number of carboxylic acids is 1. The van der Waals surface area contributed by atoms with Crippen LogP contribution in [0.25, 0.3) is 11.4 Å². The number of amides is 2. The maximum absolute atomic E-state index is 13.5. The molecule has 0 spiro atoms. The zero-order valence-electron chi connectivity index (χ0n) is 82.2. The summed E-state index contributed by atoms with van der Waals surface area (Å²) >= 11 is 5.48. The van der Waals surface area contributed by atoms with Gasteiger partial charge in [0.15, 0.2) is 11.5 Å². The third-order valence-corrected chi connectivity index (χ3v) is 19.7. The van der Waals surface area contributed by atoms with Gasteiger partial charge in [0.05, 0.1) is 32.6 Å². The zero-order chi connectivity index (χ0) is 99.1. The molecule has 2 aromatic heterocycles. The molecule has 12 aromatic carbocycles. The third kappa shape index (κ3) is 44.8. The van der Waals surface area contributed by atoms with Crippen molar-refractivity contribution in [2.24, 2.45) is 0 Å². The SMILES string of the molecule is CN(Cc1cccc(N)c1)c1ccccc1.CN(Cc1cccc(N)c1)c1ccccc1.CN(Cc1cccc([N+](=O)[O-])c1)c1ccccc1.CNc1ccccc1.Cc1cc(C(=O)Cc2cccc(CN(C)c3ccccc3)c2)n(-c2cccc(CNC(=O)OC(C)(C)C)c2)n1.Cc1cc(C(=O)O)n(-c2cccc(CNC(=O)OC(C)(C)C)c2)n1.Cl.O=CO[O-].O=[N+]([O-])c1cccc(CCl)c1.[H-].[K+].[K+]. The second-order valence-electron chi connectivity index (χ2n) is 33.0. The standard InChI is InChI=1S/C32H36N4O3.C17H21N3O4.C14H14N2O2.2C14H16N2.C7H6ClNO2.C7H9N.CH2O3.ClH.2K.H/c1-23-17-29(36(34-23)28-16-10-12-25(19-28)21-33-31(38)39-32(2,3)4)30(37)20-24-11-9-13-26(18-24)22-35(5)27-14-7-6-8-15-27;1-11-8-14(15(21)22)20(19-11)13-7-5-6-12(9-13)10-18-16(23)24-17(2,3)4;1-15(13-7-3-2-4-8-13)11-12-6-5-9-14(10-12)16(17)18;2*1-16(14-8-3-2-4-9-14)11-12-6-5-7-13(15)10-12;8-5-6-2-1-3-7(4-6)9(10)11;1-8-7-5-3-2-4-6-7;2-1-4-3;;;;/h6-19H,20-22H2,1-5H3,(H,33,38);5-9H,10H2,1-4H3,(H,18,23)(H,21,22);2-10H,11H2,1H3;2*2-10H,11,15H2,1H3;1-4H,5H2;2-6,8H,1H3;1,3H;1H;;;/q;;;;;;;;;2*+1;-1/p-1. The Labute approximate surface area is 911 Å². The number of nitro benzene ring substituents is 2. The molecule has 0 saturated heterocycles. The van der Waals surface area contributed by atoms with Crippen LogP contribution < -0.4 is 155 Å². The fourth-order valence-electron chi connectivity index (χ4n) is 13.1. The number of ether oxygens (including phenoxy) is 2. The van der Waals surface area contributed by atoms with Crippen molar-refractivity contribution in [3.63, 3.8) is 0 Å². The number of nitrogens with zero attached hydrogens (tertiary/aromatic N) is 10. The molecule has 2 heterocycles. The van der Waals surface area contributed by atoms with E-state index in [9.17, 15) is 44.5 Å². The molecule has 8 N–H and O–H groups in total. The number of hydrogen-bond acceptors (Lipinski definition) is 22. The van der Waals surface area contributed by atoms with Crippen molar-refractivity contribution in [2.45, 2.75) is 118 Å². The van der Waals surface area contributed by atoms with Crippen LogP contribution in [0.1, 0.15) is 120 Å². The molecule has 0 saturated carbocycles. The van der Waals surface area contributed by atoms with Crippen LogP contribution in [0.3, 0.4) is 0 Å². The summed E-state index contributed by atoms with van der Waals surface area (Å²) in [5.41, 5.74) is 29.3. The van der Waals surface area contributed by atoms with Gasteiger partial charge in [-0.15, -0.1) is 24.0 Å². The van der Waals surface area contributed by atoms with E-state index in [0.717, 1.165) is 92.8 Å². The Balaban J connectivity index is 0.000000436. The number of carboxylic acid groups (broad SMARTS) is 1. The number of alkyl carbamates (subject to hydrolysis) is 2. The van der Waals surface area contributed by atoms with E-state index in [0.29, 0.717) is 36.0 Å². The number of aryl methyl sites for hydroxylation is 2. The van der Waals surface area contributed by atoms with Crippen molar-refractivity contribution in [3.05, 3.63) is 421 Å². The number of carbonyl (C=O) groups is 5. The van der Waals surface area contributed by atoms with E-state index >= 15 is 0 Å². The summed E-state index contributed by atoms with van der Waals surface area (Å²) in [5.74, 6) is -0.754. The molecule has 0 atom stereocenters. The number of aromatic carboxylic acids is 1. The number of para-hydroxylation sites is 5. The van der Waals surface area contributed by atoms with Gasteiger partial charge in [0.1, 0.15) is 16.9 Å². The maximum Gasteiger partial charge on any atom is 1.00 e. The molecule has 0 unspecified atom stereocenters. The number of nitrogen functional groups attached to an aromatic ring is 2. The van der Waals surface area contributed by atoms with Gasteiger partial charge in [0, 0.05) is 151 Å². The minimum absolute atomic E-state index is 0. The Morgan fingerprint density at radius 3 is 1.07 bits per heavy atom. The molecule has 139 heavy (non-hydrogen) atoms. The smallest absolute Gasteiger partial charge is 1.00 e. The number of Topliss-reactive ketones (excluding diaryl/α,β-unsaturated/α-hetero) is 1. The van der Waals surface area contributed by atoms with E-state index < -0.39 is 34.3 Å². The van der Waals surface area contributed by atoms with E-state index in [4.69, 9.17) is 42.6 Å². The number of alkyl halides is 1. The number of ketones is 1. The van der Waals surface area contributed by atoms with Crippen molar-refractivity contribution >= 4 is 106 Å². The van der Waals surface area contributed by atoms with Gasteiger partial charge in [-0.2, -0.15) is 10.2 Å². The Morgan fingerprint density at radius 1 is 0.439 bits per heavy atom. The van der Waals surface area contributed by atoms with Crippen LogP contribution in [-0.2, 0) is 70.7 Å². The number of nitrogens with one attached hydrogen (secondary N) is 3. The predicted molar refractivity (Wildman–Crippen MR) is 547 cm³/mol. The molecule has 2 amide bonds. The van der Waals surface area contributed by atoms with E-state index in [1.54, 1.807) is 74.8 Å². The van der Waals surface area contributed by atoms with Crippen LogP contribution in [0.2, 0.25) is 0 Å². The number of rotatable bonds is 27.